The predicted molar refractivity (Wildman–Crippen MR) is 82.0 cm³/mol. The van der Waals surface area contributed by atoms with Gasteiger partial charge in [0, 0.05) is 25.7 Å². The van der Waals surface area contributed by atoms with E-state index in [-0.39, 0.29) is 18.0 Å². The van der Waals surface area contributed by atoms with Crippen LogP contribution in [0.25, 0.3) is 0 Å². The van der Waals surface area contributed by atoms with E-state index in [1.54, 1.807) is 4.90 Å². The molecule has 0 bridgehead atoms. The second kappa shape index (κ2) is 5.92. The van der Waals surface area contributed by atoms with Crippen LogP contribution in [0, 0.1) is 0 Å². The molecule has 1 aliphatic rings. The number of carbonyl (C=O) groups excluding carboxylic acids is 2. The maximum Gasteiger partial charge on any atom is 0.410 e. The summed E-state index contributed by atoms with van der Waals surface area (Å²) in [7, 11) is 0. The third-order valence-corrected chi connectivity index (χ3v) is 3.39. The van der Waals surface area contributed by atoms with E-state index >= 15 is 0 Å². The number of nitrogens with zero attached hydrogens (tertiary/aromatic N) is 2. The summed E-state index contributed by atoms with van der Waals surface area (Å²) in [5, 5.41) is 0. The molecule has 0 aromatic heterocycles. The van der Waals surface area contributed by atoms with Gasteiger partial charge in [-0.05, 0) is 41.5 Å². The largest absolute Gasteiger partial charge is 0.444 e. The highest BCUT2D eigenvalue weighted by Gasteiger charge is 2.36. The van der Waals surface area contributed by atoms with Crippen LogP contribution in [0.4, 0.5) is 4.79 Å². The van der Waals surface area contributed by atoms with Crippen molar-refractivity contribution in [1.29, 1.82) is 0 Å². The molecular formula is C14H25BrN2O3. The Morgan fingerprint density at radius 1 is 1.15 bits per heavy atom. The fourth-order valence-corrected chi connectivity index (χ4v) is 2.32. The van der Waals surface area contributed by atoms with Gasteiger partial charge in [-0.15, -0.1) is 0 Å². The summed E-state index contributed by atoms with van der Waals surface area (Å²) in [6.07, 6.45) is -0.311. The van der Waals surface area contributed by atoms with Crippen molar-refractivity contribution in [1.82, 2.24) is 9.80 Å². The van der Waals surface area contributed by atoms with Gasteiger partial charge in [0.1, 0.15) is 5.60 Å². The van der Waals surface area contributed by atoms with Gasteiger partial charge in [-0.3, -0.25) is 4.79 Å². The lowest BCUT2D eigenvalue weighted by atomic mass is 10.1. The number of ether oxygens (including phenoxy) is 1. The average molecular weight is 349 g/mol. The first-order valence-electron chi connectivity index (χ1n) is 6.90. The van der Waals surface area contributed by atoms with Crippen LogP contribution in [0.15, 0.2) is 0 Å². The molecule has 1 saturated heterocycles. The molecule has 0 saturated carbocycles. The van der Waals surface area contributed by atoms with Gasteiger partial charge in [-0.2, -0.15) is 0 Å². The summed E-state index contributed by atoms with van der Waals surface area (Å²) in [4.78, 5) is 27.8. The van der Waals surface area contributed by atoms with Crippen molar-refractivity contribution < 1.29 is 14.3 Å². The van der Waals surface area contributed by atoms with Crippen molar-refractivity contribution >= 4 is 27.9 Å². The highest BCUT2D eigenvalue weighted by Crippen LogP contribution is 2.23. The molecule has 0 unspecified atom stereocenters. The quantitative estimate of drug-likeness (QED) is 0.684. The molecule has 0 aromatic carbocycles. The maximum atomic E-state index is 12.3. The van der Waals surface area contributed by atoms with Gasteiger partial charge in [0.2, 0.25) is 5.91 Å². The molecule has 5 nitrogen and oxygen atoms in total. The third kappa shape index (κ3) is 4.65. The maximum absolute atomic E-state index is 12.3. The topological polar surface area (TPSA) is 49.9 Å². The molecule has 6 heteroatoms. The van der Waals surface area contributed by atoms with E-state index < -0.39 is 9.93 Å². The van der Waals surface area contributed by atoms with E-state index in [0.717, 1.165) is 0 Å². The third-order valence-electron chi connectivity index (χ3n) is 3.05. The molecule has 0 aromatic rings. The molecule has 1 fully saturated rings. The predicted octanol–water partition coefficient (Wildman–Crippen LogP) is 2.63. The van der Waals surface area contributed by atoms with Crippen LogP contribution in [0.5, 0.6) is 0 Å². The normalized spacial score (nSPS) is 20.9. The lowest BCUT2D eigenvalue weighted by Gasteiger charge is -2.42. The SMILES string of the molecule is C[C@@H]1CN(C(=O)OC(C)(C)C)CCN1C(=O)C(C)(C)Br. The highest BCUT2D eigenvalue weighted by atomic mass is 79.9. The molecule has 1 aliphatic heterocycles. The van der Waals surface area contributed by atoms with Crippen LogP contribution < -0.4 is 0 Å². The number of piperazine rings is 1. The lowest BCUT2D eigenvalue weighted by Crippen LogP contribution is -2.58. The van der Waals surface area contributed by atoms with Gasteiger partial charge in [-0.1, -0.05) is 15.9 Å². The van der Waals surface area contributed by atoms with Gasteiger partial charge < -0.3 is 14.5 Å². The van der Waals surface area contributed by atoms with Gasteiger partial charge in [0.15, 0.2) is 0 Å². The zero-order valence-electron chi connectivity index (χ0n) is 13.2. The first kappa shape index (κ1) is 17.3. The summed E-state index contributed by atoms with van der Waals surface area (Å²) in [5.74, 6) is 0.0499. The number of amides is 2. The van der Waals surface area contributed by atoms with Crippen LogP contribution in [0.2, 0.25) is 0 Å². The van der Waals surface area contributed by atoms with Gasteiger partial charge in [0.05, 0.1) is 4.32 Å². The molecule has 0 N–H and O–H groups in total. The lowest BCUT2D eigenvalue weighted by molar-refractivity contribution is -0.137. The first-order valence-corrected chi connectivity index (χ1v) is 7.69. The minimum Gasteiger partial charge on any atom is -0.444 e. The van der Waals surface area contributed by atoms with Crippen LogP contribution in [0.1, 0.15) is 41.5 Å². The standard InChI is InChI=1S/C14H25BrN2O3/c1-10-9-16(12(19)20-13(2,3)4)7-8-17(10)11(18)14(5,6)15/h10H,7-9H2,1-6H3/t10-/m1/s1. The molecule has 1 rings (SSSR count). The highest BCUT2D eigenvalue weighted by molar-refractivity contribution is 9.10. The minimum absolute atomic E-state index is 0.0133. The van der Waals surface area contributed by atoms with Crippen LogP contribution in [-0.4, -0.2) is 57.4 Å². The van der Waals surface area contributed by atoms with Crippen molar-refractivity contribution in [2.24, 2.45) is 0 Å². The Labute approximate surface area is 129 Å². The summed E-state index contributed by atoms with van der Waals surface area (Å²) >= 11 is 3.39. The van der Waals surface area contributed by atoms with Crippen molar-refractivity contribution in [3.05, 3.63) is 0 Å². The summed E-state index contributed by atoms with van der Waals surface area (Å²) < 4.78 is 4.79. The van der Waals surface area contributed by atoms with E-state index in [0.29, 0.717) is 19.6 Å². The van der Waals surface area contributed by atoms with Crippen LogP contribution >= 0.6 is 15.9 Å². The van der Waals surface area contributed by atoms with Gasteiger partial charge >= 0.3 is 6.09 Å². The van der Waals surface area contributed by atoms with Crippen LogP contribution in [0.3, 0.4) is 0 Å². The number of hydrogen-bond donors (Lipinski definition) is 0. The Kier molecular flexibility index (Phi) is 5.11. The molecule has 0 radical (unpaired) electrons. The zero-order valence-corrected chi connectivity index (χ0v) is 14.8. The van der Waals surface area contributed by atoms with Crippen molar-refractivity contribution in [2.45, 2.75) is 57.5 Å². The number of halogens is 1. The Morgan fingerprint density at radius 2 is 1.70 bits per heavy atom. The monoisotopic (exact) mass is 348 g/mol. The molecule has 0 aliphatic carbocycles. The summed E-state index contributed by atoms with van der Waals surface area (Å²) in [5.41, 5.74) is -0.495. The Morgan fingerprint density at radius 3 is 2.10 bits per heavy atom. The van der Waals surface area contributed by atoms with E-state index in [9.17, 15) is 9.59 Å². The summed E-state index contributed by atoms with van der Waals surface area (Å²) in [6, 6.07) is -0.0133. The number of hydrogen-bond acceptors (Lipinski definition) is 3. The average Bonchev–Trinajstić information content (AvgIpc) is 2.24. The molecule has 2 amide bonds. The molecule has 0 spiro atoms. The van der Waals surface area contributed by atoms with E-state index in [4.69, 9.17) is 4.74 Å². The molecule has 116 valence electrons. The van der Waals surface area contributed by atoms with Gasteiger partial charge in [0.25, 0.3) is 0 Å². The summed E-state index contributed by atoms with van der Waals surface area (Å²) in [6.45, 7) is 12.7. The number of carbonyl (C=O) groups is 2. The van der Waals surface area contributed by atoms with Crippen molar-refractivity contribution in [3.8, 4) is 0 Å². The Hall–Kier alpha value is -0.780. The van der Waals surface area contributed by atoms with E-state index in [1.165, 1.54) is 0 Å². The second-order valence-electron chi connectivity index (χ2n) is 6.75. The number of alkyl halides is 1. The fraction of sp³-hybridized carbons (Fsp3) is 0.857. The fourth-order valence-electron chi connectivity index (χ4n) is 2.09. The molecule has 1 heterocycles. The van der Waals surface area contributed by atoms with Gasteiger partial charge in [-0.25, -0.2) is 4.79 Å². The van der Waals surface area contributed by atoms with Crippen molar-refractivity contribution in [3.63, 3.8) is 0 Å². The molecule has 1 atom stereocenters. The Bertz CT molecular complexity index is 385. The zero-order chi connectivity index (χ0) is 15.7. The molecular weight excluding hydrogens is 324 g/mol. The molecule has 20 heavy (non-hydrogen) atoms. The smallest absolute Gasteiger partial charge is 0.410 e. The van der Waals surface area contributed by atoms with E-state index in [1.807, 2.05) is 46.4 Å². The minimum atomic E-state index is -0.574. The van der Waals surface area contributed by atoms with Crippen LogP contribution in [-0.2, 0) is 9.53 Å². The van der Waals surface area contributed by atoms with E-state index in [2.05, 4.69) is 15.9 Å². The second-order valence-corrected chi connectivity index (χ2v) is 8.73. The first-order chi connectivity index (χ1) is 8.92. The Balaban J connectivity index is 2.64. The number of rotatable bonds is 1. The van der Waals surface area contributed by atoms with Crippen molar-refractivity contribution in [2.75, 3.05) is 19.6 Å².